The van der Waals surface area contributed by atoms with E-state index in [4.69, 9.17) is 0 Å². The molecule has 0 saturated carbocycles. The third-order valence-corrected chi connectivity index (χ3v) is 2.62. The monoisotopic (exact) mass is 214 g/mol. The van der Waals surface area contributed by atoms with Gasteiger partial charge in [-0.05, 0) is 19.4 Å². The molecular weight excluding hydrogens is 188 g/mol. The predicted molar refractivity (Wildman–Crippen MR) is 64.8 cm³/mol. The van der Waals surface area contributed by atoms with Crippen LogP contribution in [0.5, 0.6) is 0 Å². The number of amides is 1. The maximum Gasteiger partial charge on any atom is 0.224 e. The van der Waals surface area contributed by atoms with Crippen LogP contribution in [0.3, 0.4) is 0 Å². The fourth-order valence-corrected chi connectivity index (χ4v) is 1.52. The van der Waals surface area contributed by atoms with E-state index in [2.05, 4.69) is 31.4 Å². The van der Waals surface area contributed by atoms with Crippen molar-refractivity contribution in [1.82, 2.24) is 10.6 Å². The Labute approximate surface area is 94.0 Å². The van der Waals surface area contributed by atoms with Crippen molar-refractivity contribution in [3.63, 3.8) is 0 Å². The number of hydrogen-bond donors (Lipinski definition) is 2. The summed E-state index contributed by atoms with van der Waals surface area (Å²) in [7, 11) is 0. The van der Waals surface area contributed by atoms with Gasteiger partial charge < -0.3 is 10.6 Å². The lowest BCUT2D eigenvalue weighted by molar-refractivity contribution is -0.125. The predicted octanol–water partition coefficient (Wildman–Crippen LogP) is 1.93. The van der Waals surface area contributed by atoms with Gasteiger partial charge in [0.25, 0.3) is 0 Å². The molecule has 0 fully saturated rings. The van der Waals surface area contributed by atoms with E-state index in [1.165, 1.54) is 0 Å². The van der Waals surface area contributed by atoms with Crippen LogP contribution in [0.25, 0.3) is 0 Å². The fraction of sp³-hybridized carbons (Fsp3) is 0.917. The minimum atomic E-state index is 0.0656. The van der Waals surface area contributed by atoms with E-state index in [1.54, 1.807) is 0 Å². The molecule has 0 rings (SSSR count). The number of carbonyl (C=O) groups is 1. The van der Waals surface area contributed by atoms with Crippen molar-refractivity contribution in [2.45, 2.75) is 53.0 Å². The summed E-state index contributed by atoms with van der Waals surface area (Å²) < 4.78 is 0. The summed E-state index contributed by atoms with van der Waals surface area (Å²) in [5, 5.41) is 6.29. The molecule has 0 saturated heterocycles. The molecule has 0 aromatic carbocycles. The van der Waals surface area contributed by atoms with Crippen LogP contribution in [0.1, 0.15) is 47.0 Å². The van der Waals surface area contributed by atoms with Crippen LogP contribution in [0.15, 0.2) is 0 Å². The van der Waals surface area contributed by atoms with Gasteiger partial charge >= 0.3 is 0 Å². The maximum atomic E-state index is 11.7. The van der Waals surface area contributed by atoms with Crippen LogP contribution in [0, 0.1) is 5.92 Å². The van der Waals surface area contributed by atoms with Gasteiger partial charge in [-0.3, -0.25) is 4.79 Å². The molecule has 0 aliphatic heterocycles. The molecule has 3 nitrogen and oxygen atoms in total. The van der Waals surface area contributed by atoms with Gasteiger partial charge in [-0.25, -0.2) is 0 Å². The highest BCUT2D eigenvalue weighted by molar-refractivity contribution is 5.78. The summed E-state index contributed by atoms with van der Waals surface area (Å²) >= 11 is 0. The summed E-state index contributed by atoms with van der Waals surface area (Å²) in [6, 6.07) is 0.353. The summed E-state index contributed by atoms with van der Waals surface area (Å²) in [6.45, 7) is 9.98. The van der Waals surface area contributed by atoms with Gasteiger partial charge in [0.05, 0.1) is 0 Å². The number of hydrogen-bond acceptors (Lipinski definition) is 2. The highest BCUT2D eigenvalue weighted by Gasteiger charge is 2.15. The van der Waals surface area contributed by atoms with Crippen molar-refractivity contribution in [2.24, 2.45) is 5.92 Å². The van der Waals surface area contributed by atoms with Crippen molar-refractivity contribution in [1.29, 1.82) is 0 Å². The van der Waals surface area contributed by atoms with E-state index in [1.807, 2.05) is 6.92 Å². The average molecular weight is 214 g/mol. The molecule has 2 atom stereocenters. The molecule has 0 aromatic heterocycles. The molecule has 0 aromatic rings. The first-order chi connectivity index (χ1) is 7.15. The average Bonchev–Trinajstić information content (AvgIpc) is 2.24. The van der Waals surface area contributed by atoms with Crippen molar-refractivity contribution < 1.29 is 4.79 Å². The van der Waals surface area contributed by atoms with Gasteiger partial charge in [0.15, 0.2) is 0 Å². The molecular formula is C12H26N2O. The van der Waals surface area contributed by atoms with Gasteiger partial charge in [0, 0.05) is 18.5 Å². The molecule has 3 heteroatoms. The van der Waals surface area contributed by atoms with E-state index >= 15 is 0 Å². The van der Waals surface area contributed by atoms with Gasteiger partial charge in [0.2, 0.25) is 5.91 Å². The summed E-state index contributed by atoms with van der Waals surface area (Å²) in [5.41, 5.74) is 0. The van der Waals surface area contributed by atoms with Crippen LogP contribution >= 0.6 is 0 Å². The van der Waals surface area contributed by atoms with Crippen molar-refractivity contribution in [3.8, 4) is 0 Å². The third-order valence-electron chi connectivity index (χ3n) is 2.62. The van der Waals surface area contributed by atoms with Gasteiger partial charge in [-0.2, -0.15) is 0 Å². The van der Waals surface area contributed by atoms with E-state index in [-0.39, 0.29) is 11.8 Å². The van der Waals surface area contributed by atoms with Crippen LogP contribution in [-0.2, 0) is 4.79 Å². The number of carbonyl (C=O) groups excluding carboxylic acids is 1. The van der Waals surface area contributed by atoms with E-state index in [0.717, 1.165) is 32.4 Å². The van der Waals surface area contributed by atoms with Gasteiger partial charge in [-0.15, -0.1) is 0 Å². The second-order valence-corrected chi connectivity index (χ2v) is 4.11. The van der Waals surface area contributed by atoms with Gasteiger partial charge in [-0.1, -0.05) is 34.1 Å². The zero-order chi connectivity index (χ0) is 11.7. The lowest BCUT2D eigenvalue weighted by Crippen LogP contribution is -2.40. The quantitative estimate of drug-likeness (QED) is 0.648. The lowest BCUT2D eigenvalue weighted by Gasteiger charge is -2.19. The van der Waals surface area contributed by atoms with E-state index in [9.17, 15) is 4.79 Å². The standard InChI is InChI=1S/C12H26N2O/c1-5-8-11(6-2)14-12(15)10(4)9-13-7-3/h10-11,13H,5-9H2,1-4H3,(H,14,15). The second kappa shape index (κ2) is 8.72. The Morgan fingerprint density at radius 2 is 1.93 bits per heavy atom. The van der Waals surface area contributed by atoms with Gasteiger partial charge in [0.1, 0.15) is 0 Å². The maximum absolute atomic E-state index is 11.7. The number of nitrogens with one attached hydrogen (secondary N) is 2. The molecule has 0 heterocycles. The molecule has 2 N–H and O–H groups in total. The van der Waals surface area contributed by atoms with Crippen LogP contribution < -0.4 is 10.6 Å². The Balaban J connectivity index is 3.87. The highest BCUT2D eigenvalue weighted by Crippen LogP contribution is 2.03. The first-order valence-corrected chi connectivity index (χ1v) is 6.16. The molecule has 1 amide bonds. The first kappa shape index (κ1) is 14.4. The van der Waals surface area contributed by atoms with Crippen LogP contribution in [0.4, 0.5) is 0 Å². The first-order valence-electron chi connectivity index (χ1n) is 6.16. The van der Waals surface area contributed by atoms with Crippen LogP contribution in [-0.4, -0.2) is 25.0 Å². The Morgan fingerprint density at radius 3 is 2.40 bits per heavy atom. The summed E-state index contributed by atoms with van der Waals surface area (Å²) in [4.78, 5) is 11.7. The summed E-state index contributed by atoms with van der Waals surface area (Å²) in [5.74, 6) is 0.243. The van der Waals surface area contributed by atoms with Crippen molar-refractivity contribution in [2.75, 3.05) is 13.1 Å². The lowest BCUT2D eigenvalue weighted by atomic mass is 10.1. The van der Waals surface area contributed by atoms with Crippen molar-refractivity contribution in [3.05, 3.63) is 0 Å². The topological polar surface area (TPSA) is 41.1 Å². The third kappa shape index (κ3) is 6.50. The molecule has 90 valence electrons. The molecule has 0 aliphatic carbocycles. The Bertz CT molecular complexity index is 171. The summed E-state index contributed by atoms with van der Waals surface area (Å²) in [6.07, 6.45) is 3.23. The zero-order valence-electron chi connectivity index (χ0n) is 10.6. The molecule has 0 radical (unpaired) electrons. The number of rotatable bonds is 8. The fourth-order valence-electron chi connectivity index (χ4n) is 1.52. The largest absolute Gasteiger partial charge is 0.353 e. The smallest absolute Gasteiger partial charge is 0.224 e. The van der Waals surface area contributed by atoms with Crippen molar-refractivity contribution >= 4 is 5.91 Å². The Kier molecular flexibility index (Phi) is 8.38. The minimum Gasteiger partial charge on any atom is -0.353 e. The Morgan fingerprint density at radius 1 is 1.27 bits per heavy atom. The normalized spacial score (nSPS) is 14.7. The molecule has 0 aliphatic rings. The van der Waals surface area contributed by atoms with E-state index < -0.39 is 0 Å². The highest BCUT2D eigenvalue weighted by atomic mass is 16.1. The SMILES string of the molecule is CCCC(CC)NC(=O)C(C)CNCC. The Hall–Kier alpha value is -0.570. The minimum absolute atomic E-state index is 0.0656. The molecule has 15 heavy (non-hydrogen) atoms. The molecule has 2 unspecified atom stereocenters. The van der Waals surface area contributed by atoms with Crippen LogP contribution in [0.2, 0.25) is 0 Å². The zero-order valence-corrected chi connectivity index (χ0v) is 10.6. The molecule has 0 spiro atoms. The molecule has 0 bridgehead atoms. The van der Waals surface area contributed by atoms with E-state index in [0.29, 0.717) is 6.04 Å². The second-order valence-electron chi connectivity index (χ2n) is 4.11.